The molecule has 2 heterocycles. The van der Waals surface area contributed by atoms with Gasteiger partial charge in [-0.3, -0.25) is 4.79 Å². The molecule has 19 heavy (non-hydrogen) atoms. The van der Waals surface area contributed by atoms with Crippen LogP contribution in [0, 0.1) is 0 Å². The molecule has 0 saturated carbocycles. The van der Waals surface area contributed by atoms with E-state index in [9.17, 15) is 4.79 Å². The van der Waals surface area contributed by atoms with E-state index >= 15 is 0 Å². The Labute approximate surface area is 121 Å². The van der Waals surface area contributed by atoms with Gasteiger partial charge in [0.15, 0.2) is 0 Å². The van der Waals surface area contributed by atoms with Crippen molar-refractivity contribution in [2.75, 3.05) is 18.0 Å². The molecular formula is C13H19BrN4O. The molecule has 1 aromatic rings. The molecular weight excluding hydrogens is 308 g/mol. The minimum Gasteiger partial charge on any atom is -0.352 e. The van der Waals surface area contributed by atoms with E-state index < -0.39 is 5.54 Å². The predicted molar refractivity (Wildman–Crippen MR) is 78.3 cm³/mol. The zero-order valence-corrected chi connectivity index (χ0v) is 13.3. The summed E-state index contributed by atoms with van der Waals surface area (Å²) in [7, 11) is 0. The summed E-state index contributed by atoms with van der Waals surface area (Å²) >= 11 is 3.42. The summed E-state index contributed by atoms with van der Waals surface area (Å²) < 4.78 is 0.753. The molecule has 0 radical (unpaired) electrons. The highest BCUT2D eigenvalue weighted by Crippen LogP contribution is 2.27. The molecule has 6 heteroatoms. The van der Waals surface area contributed by atoms with E-state index in [1.165, 1.54) is 0 Å². The molecule has 1 aliphatic rings. The van der Waals surface area contributed by atoms with Gasteiger partial charge in [0.1, 0.15) is 21.8 Å². The van der Waals surface area contributed by atoms with E-state index in [4.69, 9.17) is 0 Å². The number of hydrogen-bond donors (Lipinski definition) is 1. The predicted octanol–water partition coefficient (Wildman–Crippen LogP) is 2.08. The van der Waals surface area contributed by atoms with Gasteiger partial charge in [-0.25, -0.2) is 9.97 Å². The fourth-order valence-electron chi connectivity index (χ4n) is 2.12. The van der Waals surface area contributed by atoms with Gasteiger partial charge < -0.3 is 10.2 Å². The number of piperazine rings is 1. The van der Waals surface area contributed by atoms with E-state index in [-0.39, 0.29) is 11.8 Å². The fourth-order valence-corrected chi connectivity index (χ4v) is 2.51. The van der Waals surface area contributed by atoms with E-state index in [1.807, 2.05) is 24.8 Å². The lowest BCUT2D eigenvalue weighted by molar-refractivity contribution is -0.126. The zero-order chi connectivity index (χ0) is 14.2. The van der Waals surface area contributed by atoms with Crippen molar-refractivity contribution in [2.45, 2.75) is 39.2 Å². The van der Waals surface area contributed by atoms with Crippen LogP contribution in [0.25, 0.3) is 0 Å². The lowest BCUT2D eigenvalue weighted by atomic mass is 9.99. The first-order valence-electron chi connectivity index (χ1n) is 6.43. The standard InChI is InChI=1S/C13H19BrN4O/c1-8(2)11-16-9(14)7-10(17-11)18-6-5-15-12(19)13(18,3)4/h7-8H,5-6H2,1-4H3,(H,15,19). The largest absolute Gasteiger partial charge is 0.352 e. The lowest BCUT2D eigenvalue weighted by Gasteiger charge is -2.42. The van der Waals surface area contributed by atoms with Crippen molar-refractivity contribution in [3.05, 3.63) is 16.5 Å². The Morgan fingerprint density at radius 1 is 1.42 bits per heavy atom. The Morgan fingerprint density at radius 3 is 2.74 bits per heavy atom. The fraction of sp³-hybridized carbons (Fsp3) is 0.615. The van der Waals surface area contributed by atoms with Crippen LogP contribution < -0.4 is 10.2 Å². The summed E-state index contributed by atoms with van der Waals surface area (Å²) in [6.45, 7) is 9.32. The highest BCUT2D eigenvalue weighted by Gasteiger charge is 2.38. The van der Waals surface area contributed by atoms with Crippen molar-refractivity contribution in [1.29, 1.82) is 0 Å². The molecule has 2 rings (SSSR count). The maximum absolute atomic E-state index is 12.0. The normalized spacial score (nSPS) is 18.6. The van der Waals surface area contributed by atoms with Crippen LogP contribution in [0.1, 0.15) is 39.4 Å². The smallest absolute Gasteiger partial charge is 0.245 e. The average molecular weight is 327 g/mol. The highest BCUT2D eigenvalue weighted by molar-refractivity contribution is 9.10. The second kappa shape index (κ2) is 5.07. The van der Waals surface area contributed by atoms with Crippen LogP contribution in [0.2, 0.25) is 0 Å². The van der Waals surface area contributed by atoms with Crippen molar-refractivity contribution in [3.63, 3.8) is 0 Å². The summed E-state index contributed by atoms with van der Waals surface area (Å²) in [5, 5.41) is 2.89. The van der Waals surface area contributed by atoms with Gasteiger partial charge in [-0.1, -0.05) is 13.8 Å². The maximum atomic E-state index is 12.0. The number of hydrogen-bond acceptors (Lipinski definition) is 4. The number of carbonyl (C=O) groups excluding carboxylic acids is 1. The molecule has 0 spiro atoms. The van der Waals surface area contributed by atoms with Gasteiger partial charge in [-0.05, 0) is 29.8 Å². The molecule has 1 amide bonds. The quantitative estimate of drug-likeness (QED) is 0.845. The Morgan fingerprint density at radius 2 is 2.11 bits per heavy atom. The Balaban J connectivity index is 2.43. The van der Waals surface area contributed by atoms with E-state index in [0.717, 1.165) is 22.8 Å². The minimum atomic E-state index is -0.597. The third-order valence-electron chi connectivity index (χ3n) is 3.34. The second-order valence-corrected chi connectivity index (χ2v) is 6.34. The first-order valence-corrected chi connectivity index (χ1v) is 7.22. The number of halogens is 1. The summed E-state index contributed by atoms with van der Waals surface area (Å²) in [4.78, 5) is 23.0. The molecule has 1 N–H and O–H groups in total. The van der Waals surface area contributed by atoms with Crippen molar-refractivity contribution >= 4 is 27.7 Å². The van der Waals surface area contributed by atoms with Gasteiger partial charge >= 0.3 is 0 Å². The van der Waals surface area contributed by atoms with Crippen LogP contribution >= 0.6 is 15.9 Å². The Kier molecular flexibility index (Phi) is 3.80. The van der Waals surface area contributed by atoms with Crippen LogP contribution in [0.3, 0.4) is 0 Å². The molecule has 1 aromatic heterocycles. The second-order valence-electron chi connectivity index (χ2n) is 5.53. The molecule has 1 aliphatic heterocycles. The van der Waals surface area contributed by atoms with Gasteiger partial charge in [-0.2, -0.15) is 0 Å². The van der Waals surface area contributed by atoms with Crippen LogP contribution in [-0.2, 0) is 4.79 Å². The third kappa shape index (κ3) is 2.73. The molecule has 0 bridgehead atoms. The average Bonchev–Trinajstić information content (AvgIpc) is 2.31. The minimum absolute atomic E-state index is 0.0274. The van der Waals surface area contributed by atoms with Crippen molar-refractivity contribution in [1.82, 2.24) is 15.3 Å². The van der Waals surface area contributed by atoms with E-state index in [0.29, 0.717) is 6.54 Å². The van der Waals surface area contributed by atoms with Gasteiger partial charge in [-0.15, -0.1) is 0 Å². The first-order chi connectivity index (χ1) is 8.82. The lowest BCUT2D eigenvalue weighted by Crippen LogP contribution is -2.62. The molecule has 1 fully saturated rings. The van der Waals surface area contributed by atoms with Gasteiger partial charge in [0.05, 0.1) is 0 Å². The molecule has 0 unspecified atom stereocenters. The zero-order valence-electron chi connectivity index (χ0n) is 11.7. The molecule has 5 nitrogen and oxygen atoms in total. The first kappa shape index (κ1) is 14.2. The van der Waals surface area contributed by atoms with Crippen LogP contribution in [0.15, 0.2) is 10.7 Å². The number of carbonyl (C=O) groups is 1. The summed E-state index contributed by atoms with van der Waals surface area (Å²) in [5.74, 6) is 1.86. The van der Waals surface area contributed by atoms with Crippen LogP contribution in [0.5, 0.6) is 0 Å². The van der Waals surface area contributed by atoms with E-state index in [1.54, 1.807) is 0 Å². The number of aromatic nitrogens is 2. The molecule has 1 saturated heterocycles. The van der Waals surface area contributed by atoms with Gasteiger partial charge in [0, 0.05) is 25.1 Å². The summed E-state index contributed by atoms with van der Waals surface area (Å²) in [5.41, 5.74) is -0.597. The SMILES string of the molecule is CC(C)c1nc(Br)cc(N2CCNC(=O)C2(C)C)n1. The number of anilines is 1. The van der Waals surface area contributed by atoms with Gasteiger partial charge in [0.2, 0.25) is 5.91 Å². The molecule has 0 aromatic carbocycles. The number of nitrogens with zero attached hydrogens (tertiary/aromatic N) is 3. The van der Waals surface area contributed by atoms with Crippen molar-refractivity contribution < 1.29 is 4.79 Å². The monoisotopic (exact) mass is 326 g/mol. The molecule has 104 valence electrons. The topological polar surface area (TPSA) is 58.1 Å². The number of rotatable bonds is 2. The third-order valence-corrected chi connectivity index (χ3v) is 3.75. The number of nitrogens with one attached hydrogen (secondary N) is 1. The summed E-state index contributed by atoms with van der Waals surface area (Å²) in [6.07, 6.45) is 0. The van der Waals surface area contributed by atoms with Crippen molar-refractivity contribution in [3.8, 4) is 0 Å². The van der Waals surface area contributed by atoms with Crippen molar-refractivity contribution in [2.24, 2.45) is 0 Å². The summed E-state index contributed by atoms with van der Waals surface area (Å²) in [6, 6.07) is 1.87. The molecule has 0 aliphatic carbocycles. The Bertz CT molecular complexity index is 501. The van der Waals surface area contributed by atoms with Gasteiger partial charge in [0.25, 0.3) is 0 Å². The highest BCUT2D eigenvalue weighted by atomic mass is 79.9. The molecule has 0 atom stereocenters. The van der Waals surface area contributed by atoms with Crippen LogP contribution in [-0.4, -0.2) is 34.5 Å². The Hall–Kier alpha value is -1.17. The van der Waals surface area contributed by atoms with E-state index in [2.05, 4.69) is 45.1 Å². The number of amides is 1. The van der Waals surface area contributed by atoms with Crippen LogP contribution in [0.4, 0.5) is 5.82 Å². The maximum Gasteiger partial charge on any atom is 0.245 e.